The first-order valence-corrected chi connectivity index (χ1v) is 8.98. The topological polar surface area (TPSA) is 94.4 Å². The molecule has 0 fully saturated rings. The number of carbonyl (C=O) groups excluding carboxylic acids is 1. The minimum absolute atomic E-state index is 0.115. The predicted octanol–water partition coefficient (Wildman–Crippen LogP) is 3.97. The monoisotopic (exact) mass is 383 g/mol. The van der Waals surface area contributed by atoms with Gasteiger partial charge in [0.2, 0.25) is 0 Å². The van der Waals surface area contributed by atoms with E-state index < -0.39 is 4.92 Å². The number of thiazole rings is 1. The molecule has 1 amide bonds. The summed E-state index contributed by atoms with van der Waals surface area (Å²) in [5.41, 5.74) is 2.83. The Morgan fingerprint density at radius 1 is 1.26 bits per heavy atom. The number of nitro groups is 1. The molecule has 7 nitrogen and oxygen atoms in total. The van der Waals surface area contributed by atoms with Gasteiger partial charge in [0, 0.05) is 29.1 Å². The number of rotatable bonds is 6. The fraction of sp³-hybridized carbons (Fsp3) is 0.158. The Morgan fingerprint density at radius 2 is 2.00 bits per heavy atom. The SMILES string of the molecule is COc1ccc(C(=O)NCc2ccc(-c3csc(C)n3)cc2)cc1[N+](=O)[O-]. The number of benzene rings is 2. The van der Waals surface area contributed by atoms with Gasteiger partial charge >= 0.3 is 5.69 Å². The Bertz CT molecular complexity index is 983. The van der Waals surface area contributed by atoms with Crippen LogP contribution in [0.1, 0.15) is 20.9 Å². The molecule has 0 atom stereocenters. The molecule has 1 aromatic heterocycles. The van der Waals surface area contributed by atoms with Gasteiger partial charge in [-0.25, -0.2) is 4.98 Å². The van der Waals surface area contributed by atoms with Gasteiger partial charge in [0.25, 0.3) is 5.91 Å². The van der Waals surface area contributed by atoms with E-state index in [0.29, 0.717) is 6.54 Å². The van der Waals surface area contributed by atoms with Gasteiger partial charge in [-0.1, -0.05) is 24.3 Å². The second-order valence-corrected chi connectivity index (χ2v) is 6.84. The molecule has 0 aliphatic carbocycles. The van der Waals surface area contributed by atoms with Crippen LogP contribution in [0.4, 0.5) is 5.69 Å². The highest BCUT2D eigenvalue weighted by Crippen LogP contribution is 2.27. The number of hydrogen-bond donors (Lipinski definition) is 1. The zero-order valence-electron chi connectivity index (χ0n) is 14.8. The highest BCUT2D eigenvalue weighted by atomic mass is 32.1. The van der Waals surface area contributed by atoms with Gasteiger partial charge in [-0.15, -0.1) is 11.3 Å². The Hall–Kier alpha value is -3.26. The molecule has 0 aliphatic heterocycles. The van der Waals surface area contributed by atoms with Crippen molar-refractivity contribution >= 4 is 22.9 Å². The average molecular weight is 383 g/mol. The Labute approximate surface area is 159 Å². The van der Waals surface area contributed by atoms with Crippen molar-refractivity contribution < 1.29 is 14.5 Å². The molecule has 0 unspecified atom stereocenters. The van der Waals surface area contributed by atoms with Crippen LogP contribution in [0.3, 0.4) is 0 Å². The summed E-state index contributed by atoms with van der Waals surface area (Å²) in [6, 6.07) is 11.9. The standard InChI is InChI=1S/C19H17N3O4S/c1-12-21-16(11-27-12)14-5-3-13(4-6-14)10-20-19(23)15-7-8-18(26-2)17(9-15)22(24)25/h3-9,11H,10H2,1-2H3,(H,20,23). The lowest BCUT2D eigenvalue weighted by atomic mass is 10.1. The number of methoxy groups -OCH3 is 1. The molecule has 0 aliphatic rings. The second-order valence-electron chi connectivity index (χ2n) is 5.78. The van der Waals surface area contributed by atoms with Gasteiger partial charge in [-0.3, -0.25) is 14.9 Å². The highest BCUT2D eigenvalue weighted by Gasteiger charge is 2.18. The van der Waals surface area contributed by atoms with Crippen molar-refractivity contribution in [1.82, 2.24) is 10.3 Å². The van der Waals surface area contributed by atoms with Crippen molar-refractivity contribution in [2.24, 2.45) is 0 Å². The van der Waals surface area contributed by atoms with Crippen LogP contribution < -0.4 is 10.1 Å². The molecule has 1 heterocycles. The van der Waals surface area contributed by atoms with E-state index in [1.54, 1.807) is 11.3 Å². The van der Waals surface area contributed by atoms with E-state index in [0.717, 1.165) is 21.8 Å². The minimum atomic E-state index is -0.575. The van der Waals surface area contributed by atoms with Gasteiger partial charge in [-0.05, 0) is 24.6 Å². The fourth-order valence-electron chi connectivity index (χ4n) is 2.55. The zero-order valence-corrected chi connectivity index (χ0v) is 15.6. The van der Waals surface area contributed by atoms with Crippen LogP contribution in [0.25, 0.3) is 11.3 Å². The first kappa shape index (κ1) is 18.5. The number of nitrogens with zero attached hydrogens (tertiary/aromatic N) is 2. The third kappa shape index (κ3) is 4.29. The van der Waals surface area contributed by atoms with Crippen molar-refractivity contribution in [2.75, 3.05) is 7.11 Å². The van der Waals surface area contributed by atoms with E-state index in [9.17, 15) is 14.9 Å². The van der Waals surface area contributed by atoms with E-state index in [-0.39, 0.29) is 22.9 Å². The maximum absolute atomic E-state index is 12.3. The molecule has 0 saturated carbocycles. The summed E-state index contributed by atoms with van der Waals surface area (Å²) in [5, 5.41) is 16.9. The molecule has 3 aromatic rings. The molecule has 1 N–H and O–H groups in total. The maximum Gasteiger partial charge on any atom is 0.311 e. The van der Waals surface area contributed by atoms with Crippen molar-refractivity contribution in [3.63, 3.8) is 0 Å². The third-order valence-corrected chi connectivity index (χ3v) is 4.73. The summed E-state index contributed by atoms with van der Waals surface area (Å²) in [4.78, 5) is 27.2. The summed E-state index contributed by atoms with van der Waals surface area (Å²) in [7, 11) is 1.35. The first-order chi connectivity index (χ1) is 13.0. The van der Waals surface area contributed by atoms with Gasteiger partial charge in [0.1, 0.15) is 0 Å². The van der Waals surface area contributed by atoms with Crippen LogP contribution in [0.2, 0.25) is 0 Å². The van der Waals surface area contributed by atoms with Crippen LogP contribution in [0.15, 0.2) is 47.8 Å². The summed E-state index contributed by atoms with van der Waals surface area (Å²) in [6.45, 7) is 2.27. The molecule has 8 heteroatoms. The van der Waals surface area contributed by atoms with Crippen LogP contribution >= 0.6 is 11.3 Å². The maximum atomic E-state index is 12.3. The summed E-state index contributed by atoms with van der Waals surface area (Å²) < 4.78 is 4.94. The van der Waals surface area contributed by atoms with Crippen LogP contribution in [0.5, 0.6) is 5.75 Å². The lowest BCUT2D eigenvalue weighted by molar-refractivity contribution is -0.385. The second kappa shape index (κ2) is 7.96. The molecule has 3 rings (SSSR count). The molecular weight excluding hydrogens is 366 g/mol. The molecule has 0 saturated heterocycles. The largest absolute Gasteiger partial charge is 0.490 e. The van der Waals surface area contributed by atoms with Gasteiger partial charge < -0.3 is 10.1 Å². The molecule has 27 heavy (non-hydrogen) atoms. The zero-order chi connectivity index (χ0) is 19.4. The Kier molecular flexibility index (Phi) is 5.46. The number of aryl methyl sites for hydroxylation is 1. The average Bonchev–Trinajstić information content (AvgIpc) is 3.12. The number of nitrogens with one attached hydrogen (secondary N) is 1. The van der Waals surface area contributed by atoms with E-state index in [2.05, 4.69) is 10.3 Å². The van der Waals surface area contributed by atoms with Crippen molar-refractivity contribution in [3.05, 3.63) is 74.1 Å². The summed E-state index contributed by atoms with van der Waals surface area (Å²) >= 11 is 1.60. The Balaban J connectivity index is 1.67. The van der Waals surface area contributed by atoms with Crippen LogP contribution in [0, 0.1) is 17.0 Å². The normalized spacial score (nSPS) is 10.4. The number of ether oxygens (including phenoxy) is 1. The first-order valence-electron chi connectivity index (χ1n) is 8.10. The van der Waals surface area contributed by atoms with Crippen LogP contribution in [-0.4, -0.2) is 22.9 Å². The molecule has 0 spiro atoms. The van der Waals surface area contributed by atoms with Gasteiger partial charge in [0.05, 0.1) is 22.7 Å². The van der Waals surface area contributed by atoms with Crippen molar-refractivity contribution in [1.29, 1.82) is 0 Å². The smallest absolute Gasteiger partial charge is 0.311 e. The van der Waals surface area contributed by atoms with E-state index >= 15 is 0 Å². The Morgan fingerprint density at radius 3 is 2.59 bits per heavy atom. The number of hydrogen-bond acceptors (Lipinski definition) is 6. The van der Waals surface area contributed by atoms with E-state index in [1.165, 1.54) is 25.3 Å². The quantitative estimate of drug-likeness (QED) is 0.513. The summed E-state index contributed by atoms with van der Waals surface area (Å²) in [6.07, 6.45) is 0. The van der Waals surface area contributed by atoms with Crippen molar-refractivity contribution in [2.45, 2.75) is 13.5 Å². The number of aromatic nitrogens is 1. The number of amides is 1. The molecule has 0 bridgehead atoms. The van der Waals surface area contributed by atoms with E-state index in [4.69, 9.17) is 4.74 Å². The highest BCUT2D eigenvalue weighted by molar-refractivity contribution is 7.09. The number of carbonyl (C=O) groups is 1. The predicted molar refractivity (Wildman–Crippen MR) is 103 cm³/mol. The van der Waals surface area contributed by atoms with E-state index in [1.807, 2.05) is 36.6 Å². The fourth-order valence-corrected chi connectivity index (χ4v) is 3.17. The molecule has 2 aromatic carbocycles. The summed E-state index contributed by atoms with van der Waals surface area (Å²) in [5.74, 6) is -0.274. The molecule has 138 valence electrons. The third-order valence-electron chi connectivity index (χ3n) is 3.96. The minimum Gasteiger partial charge on any atom is -0.490 e. The lowest BCUT2D eigenvalue weighted by Crippen LogP contribution is -2.22. The van der Waals surface area contributed by atoms with Gasteiger partial charge in [-0.2, -0.15) is 0 Å². The lowest BCUT2D eigenvalue weighted by Gasteiger charge is -2.07. The van der Waals surface area contributed by atoms with Gasteiger partial charge in [0.15, 0.2) is 5.75 Å². The molecular formula is C19H17N3O4S. The van der Waals surface area contributed by atoms with Crippen LogP contribution in [-0.2, 0) is 6.54 Å². The van der Waals surface area contributed by atoms with Crippen molar-refractivity contribution in [3.8, 4) is 17.0 Å². The number of nitro benzene ring substituents is 1. The molecule has 0 radical (unpaired) electrons.